The molecule has 0 heterocycles. The molecule has 100 valence electrons. The molecule has 2 atom stereocenters. The van der Waals surface area contributed by atoms with Crippen molar-refractivity contribution in [2.75, 3.05) is 6.61 Å². The largest absolute Gasteiger partial charge is 0.390 e. The van der Waals surface area contributed by atoms with Crippen molar-refractivity contribution in [3.8, 4) is 0 Å². The Bertz CT molecular complexity index is 205. The number of aliphatic hydroxyl groups excluding tert-OH is 1. The van der Waals surface area contributed by atoms with E-state index >= 15 is 0 Å². The first-order valence-electron chi connectivity index (χ1n) is 7.62. The van der Waals surface area contributed by atoms with E-state index in [9.17, 15) is 5.11 Å². The molecule has 0 aromatic heterocycles. The fraction of sp³-hybridized carbons (Fsp3) is 1.00. The van der Waals surface area contributed by atoms with Gasteiger partial charge in [-0.1, -0.05) is 32.1 Å². The van der Waals surface area contributed by atoms with E-state index in [4.69, 9.17) is 4.74 Å². The van der Waals surface area contributed by atoms with E-state index in [-0.39, 0.29) is 12.2 Å². The van der Waals surface area contributed by atoms with Crippen molar-refractivity contribution in [3.63, 3.8) is 0 Å². The molecule has 2 heteroatoms. The van der Waals surface area contributed by atoms with Gasteiger partial charge in [-0.05, 0) is 44.4 Å². The summed E-state index contributed by atoms with van der Waals surface area (Å²) in [5, 5.41) is 10.6. The fourth-order valence-corrected chi connectivity index (χ4v) is 3.74. The van der Waals surface area contributed by atoms with Gasteiger partial charge in [-0.3, -0.25) is 0 Å². The molecule has 0 spiro atoms. The first-order chi connectivity index (χ1) is 8.33. The summed E-state index contributed by atoms with van der Waals surface area (Å²) in [5.41, 5.74) is 0. The Labute approximate surface area is 106 Å². The Balaban J connectivity index is 1.93. The van der Waals surface area contributed by atoms with E-state index < -0.39 is 0 Å². The third-order valence-electron chi connectivity index (χ3n) is 4.69. The first kappa shape index (κ1) is 13.4. The zero-order chi connectivity index (χ0) is 12.1. The van der Waals surface area contributed by atoms with Crippen LogP contribution in [0.1, 0.15) is 64.7 Å². The van der Waals surface area contributed by atoms with Gasteiger partial charge in [-0.25, -0.2) is 0 Å². The lowest BCUT2D eigenvalue weighted by molar-refractivity contribution is -0.0921. The number of hydrogen-bond acceptors (Lipinski definition) is 2. The number of aliphatic hydroxyl groups is 1. The lowest BCUT2D eigenvalue weighted by Gasteiger charge is -2.35. The van der Waals surface area contributed by atoms with Gasteiger partial charge in [0, 0.05) is 6.61 Å². The maximum atomic E-state index is 10.6. The van der Waals surface area contributed by atoms with Crippen LogP contribution in [0.5, 0.6) is 0 Å². The molecular weight excluding hydrogens is 212 g/mol. The van der Waals surface area contributed by atoms with Crippen LogP contribution in [0.3, 0.4) is 0 Å². The Morgan fingerprint density at radius 3 is 2.06 bits per heavy atom. The maximum absolute atomic E-state index is 10.6. The summed E-state index contributed by atoms with van der Waals surface area (Å²) in [6.07, 6.45) is 11.4. The lowest BCUT2D eigenvalue weighted by atomic mass is 9.80. The van der Waals surface area contributed by atoms with E-state index in [1.165, 1.54) is 57.8 Å². The number of rotatable bonds is 5. The predicted molar refractivity (Wildman–Crippen MR) is 70.0 cm³/mol. The average Bonchev–Trinajstić information content (AvgIpc) is 2.90. The number of hydrogen-bond donors (Lipinski definition) is 1. The van der Waals surface area contributed by atoms with Crippen molar-refractivity contribution in [1.82, 2.24) is 0 Å². The van der Waals surface area contributed by atoms with Crippen molar-refractivity contribution >= 4 is 0 Å². The van der Waals surface area contributed by atoms with E-state index in [0.717, 1.165) is 6.61 Å². The van der Waals surface area contributed by atoms with Crippen molar-refractivity contribution in [1.29, 1.82) is 0 Å². The highest BCUT2D eigenvalue weighted by Crippen LogP contribution is 2.36. The monoisotopic (exact) mass is 240 g/mol. The summed E-state index contributed by atoms with van der Waals surface area (Å²) in [6.45, 7) is 2.79. The van der Waals surface area contributed by atoms with Gasteiger partial charge in [0.2, 0.25) is 0 Å². The molecule has 2 fully saturated rings. The minimum atomic E-state index is -0.208. The van der Waals surface area contributed by atoms with E-state index in [1.807, 2.05) is 0 Å². The number of ether oxygens (including phenoxy) is 1. The molecule has 0 amide bonds. The van der Waals surface area contributed by atoms with Crippen LogP contribution in [-0.4, -0.2) is 23.9 Å². The summed E-state index contributed by atoms with van der Waals surface area (Å²) in [4.78, 5) is 0. The second-order valence-corrected chi connectivity index (χ2v) is 5.85. The molecule has 2 rings (SSSR count). The Morgan fingerprint density at radius 1 is 0.941 bits per heavy atom. The summed E-state index contributed by atoms with van der Waals surface area (Å²) in [5.74, 6) is 1.12. The summed E-state index contributed by atoms with van der Waals surface area (Å²) >= 11 is 0. The smallest absolute Gasteiger partial charge is 0.0864 e. The van der Waals surface area contributed by atoms with Crippen LogP contribution in [0.15, 0.2) is 0 Å². The van der Waals surface area contributed by atoms with Gasteiger partial charge < -0.3 is 9.84 Å². The topological polar surface area (TPSA) is 29.5 Å². The molecular formula is C15H28O2. The molecule has 17 heavy (non-hydrogen) atoms. The highest BCUT2D eigenvalue weighted by Gasteiger charge is 2.35. The molecule has 0 aromatic carbocycles. The molecule has 0 saturated heterocycles. The van der Waals surface area contributed by atoms with Gasteiger partial charge in [0.05, 0.1) is 12.2 Å². The normalized spacial score (nSPS) is 27.2. The molecule has 0 radical (unpaired) electrons. The molecule has 0 aromatic rings. The van der Waals surface area contributed by atoms with Gasteiger partial charge in [-0.2, -0.15) is 0 Å². The molecule has 2 unspecified atom stereocenters. The summed E-state index contributed by atoms with van der Waals surface area (Å²) in [7, 11) is 0. The SMILES string of the molecule is CCOC(C1CCCCC1)C(O)C1CCCC1. The van der Waals surface area contributed by atoms with Crippen LogP contribution in [0.2, 0.25) is 0 Å². The lowest BCUT2D eigenvalue weighted by Crippen LogP contribution is -2.41. The van der Waals surface area contributed by atoms with Crippen LogP contribution < -0.4 is 0 Å². The summed E-state index contributed by atoms with van der Waals surface area (Å²) in [6, 6.07) is 0. The molecule has 2 nitrogen and oxygen atoms in total. The zero-order valence-corrected chi connectivity index (χ0v) is 11.2. The van der Waals surface area contributed by atoms with Gasteiger partial charge >= 0.3 is 0 Å². The van der Waals surface area contributed by atoms with E-state index in [1.54, 1.807) is 0 Å². The molecule has 2 aliphatic rings. The highest BCUT2D eigenvalue weighted by molar-refractivity contribution is 4.86. The van der Waals surface area contributed by atoms with Gasteiger partial charge in [0.1, 0.15) is 0 Å². The van der Waals surface area contributed by atoms with Crippen molar-refractivity contribution in [2.45, 2.75) is 76.9 Å². The summed E-state index contributed by atoms with van der Waals surface area (Å²) < 4.78 is 5.91. The Morgan fingerprint density at radius 2 is 1.47 bits per heavy atom. The van der Waals surface area contributed by atoms with Gasteiger partial charge in [-0.15, -0.1) is 0 Å². The predicted octanol–water partition coefficient (Wildman–Crippen LogP) is 3.52. The third-order valence-corrected chi connectivity index (χ3v) is 4.69. The van der Waals surface area contributed by atoms with Crippen molar-refractivity contribution in [3.05, 3.63) is 0 Å². The Hall–Kier alpha value is -0.0800. The van der Waals surface area contributed by atoms with Crippen LogP contribution >= 0.6 is 0 Å². The van der Waals surface area contributed by atoms with Crippen LogP contribution in [0.4, 0.5) is 0 Å². The van der Waals surface area contributed by atoms with E-state index in [0.29, 0.717) is 11.8 Å². The second kappa shape index (κ2) is 6.75. The maximum Gasteiger partial charge on any atom is 0.0864 e. The van der Waals surface area contributed by atoms with Gasteiger partial charge in [0.15, 0.2) is 0 Å². The van der Waals surface area contributed by atoms with Crippen LogP contribution in [0.25, 0.3) is 0 Å². The molecule has 0 aliphatic heterocycles. The molecule has 2 aliphatic carbocycles. The highest BCUT2D eigenvalue weighted by atomic mass is 16.5. The average molecular weight is 240 g/mol. The first-order valence-corrected chi connectivity index (χ1v) is 7.62. The third kappa shape index (κ3) is 3.45. The second-order valence-electron chi connectivity index (χ2n) is 5.85. The molecule has 2 saturated carbocycles. The fourth-order valence-electron chi connectivity index (χ4n) is 3.74. The molecule has 1 N–H and O–H groups in total. The standard InChI is InChI=1S/C15H28O2/c1-2-17-15(13-10-4-3-5-11-13)14(16)12-8-6-7-9-12/h12-16H,2-11H2,1H3. The van der Waals surface area contributed by atoms with Crippen LogP contribution in [-0.2, 0) is 4.74 Å². The van der Waals surface area contributed by atoms with Crippen molar-refractivity contribution in [2.24, 2.45) is 11.8 Å². The quantitative estimate of drug-likeness (QED) is 0.796. The minimum absolute atomic E-state index is 0.114. The molecule has 0 bridgehead atoms. The zero-order valence-electron chi connectivity index (χ0n) is 11.2. The van der Waals surface area contributed by atoms with E-state index in [2.05, 4.69) is 6.92 Å². The van der Waals surface area contributed by atoms with Gasteiger partial charge in [0.25, 0.3) is 0 Å². The minimum Gasteiger partial charge on any atom is -0.390 e. The van der Waals surface area contributed by atoms with Crippen LogP contribution in [0, 0.1) is 11.8 Å². The Kier molecular flexibility index (Phi) is 5.30. The van der Waals surface area contributed by atoms with Crippen molar-refractivity contribution < 1.29 is 9.84 Å².